The zero-order valence-corrected chi connectivity index (χ0v) is 10.9. The summed E-state index contributed by atoms with van der Waals surface area (Å²) in [5.41, 5.74) is 5.82. The smallest absolute Gasteiger partial charge is 0.223 e. The molecule has 2 rings (SSSR count). The molecule has 4 unspecified atom stereocenters. The van der Waals surface area contributed by atoms with Crippen molar-refractivity contribution in [3.8, 4) is 0 Å². The van der Waals surface area contributed by atoms with Crippen LogP contribution in [-0.4, -0.2) is 30.7 Å². The van der Waals surface area contributed by atoms with Crippen molar-refractivity contribution in [1.29, 1.82) is 0 Å². The van der Waals surface area contributed by atoms with Crippen molar-refractivity contribution in [2.75, 3.05) is 13.2 Å². The summed E-state index contributed by atoms with van der Waals surface area (Å²) in [7, 11) is 0. The molecule has 4 nitrogen and oxygen atoms in total. The molecule has 0 aromatic heterocycles. The second kappa shape index (κ2) is 4.94. The second-order valence-electron chi connectivity index (χ2n) is 6.12. The molecule has 0 spiro atoms. The Morgan fingerprint density at radius 3 is 2.76 bits per heavy atom. The first-order valence-electron chi connectivity index (χ1n) is 6.64. The quantitative estimate of drug-likeness (QED) is 0.758. The van der Waals surface area contributed by atoms with Crippen molar-refractivity contribution in [2.24, 2.45) is 17.6 Å². The third-order valence-corrected chi connectivity index (χ3v) is 3.99. The highest BCUT2D eigenvalue weighted by Crippen LogP contribution is 2.29. The van der Waals surface area contributed by atoms with Crippen molar-refractivity contribution < 1.29 is 9.53 Å². The number of ether oxygens (including phenoxy) is 1. The molecular weight excluding hydrogens is 216 g/mol. The summed E-state index contributed by atoms with van der Waals surface area (Å²) in [6.45, 7) is 5.62. The van der Waals surface area contributed by atoms with Crippen molar-refractivity contribution in [2.45, 2.75) is 51.1 Å². The molecule has 1 aliphatic carbocycles. The first-order valence-corrected chi connectivity index (χ1v) is 6.64. The van der Waals surface area contributed by atoms with Gasteiger partial charge in [0.25, 0.3) is 0 Å². The Kier molecular flexibility index (Phi) is 3.73. The van der Waals surface area contributed by atoms with Gasteiger partial charge in [0, 0.05) is 18.6 Å². The van der Waals surface area contributed by atoms with Gasteiger partial charge >= 0.3 is 0 Å². The number of nitrogens with one attached hydrogen (secondary N) is 1. The SMILES string of the molecule is CC1CC(N)CC(C(=O)NC2(C)CCOC2)C1. The molecule has 4 heteroatoms. The summed E-state index contributed by atoms with van der Waals surface area (Å²) in [4.78, 5) is 12.2. The first kappa shape index (κ1) is 12.8. The van der Waals surface area contributed by atoms with Crippen LogP contribution >= 0.6 is 0 Å². The van der Waals surface area contributed by atoms with Crippen LogP contribution in [0.15, 0.2) is 0 Å². The minimum absolute atomic E-state index is 0.0891. The molecule has 2 aliphatic rings. The maximum absolute atomic E-state index is 12.2. The lowest BCUT2D eigenvalue weighted by Crippen LogP contribution is -2.50. The van der Waals surface area contributed by atoms with Crippen LogP contribution in [0.1, 0.15) is 39.5 Å². The fourth-order valence-electron chi connectivity index (χ4n) is 3.04. The maximum Gasteiger partial charge on any atom is 0.223 e. The van der Waals surface area contributed by atoms with Gasteiger partial charge in [-0.15, -0.1) is 0 Å². The molecule has 17 heavy (non-hydrogen) atoms. The van der Waals surface area contributed by atoms with Crippen LogP contribution in [0, 0.1) is 11.8 Å². The van der Waals surface area contributed by atoms with E-state index in [4.69, 9.17) is 10.5 Å². The van der Waals surface area contributed by atoms with Gasteiger partial charge in [-0.1, -0.05) is 6.92 Å². The van der Waals surface area contributed by atoms with E-state index in [9.17, 15) is 4.79 Å². The van der Waals surface area contributed by atoms with E-state index in [1.807, 2.05) is 0 Å². The van der Waals surface area contributed by atoms with Crippen LogP contribution in [0.5, 0.6) is 0 Å². The zero-order valence-electron chi connectivity index (χ0n) is 10.9. The zero-order chi connectivity index (χ0) is 12.5. The van der Waals surface area contributed by atoms with Crippen LogP contribution in [0.2, 0.25) is 0 Å². The van der Waals surface area contributed by atoms with Gasteiger partial charge in [0.1, 0.15) is 0 Å². The number of hydrogen-bond acceptors (Lipinski definition) is 3. The average Bonchev–Trinajstić information content (AvgIpc) is 2.63. The molecule has 1 amide bonds. The number of amides is 1. The summed E-state index contributed by atoms with van der Waals surface area (Å²) >= 11 is 0. The van der Waals surface area contributed by atoms with Gasteiger partial charge in [0.2, 0.25) is 5.91 Å². The molecule has 4 atom stereocenters. The summed E-state index contributed by atoms with van der Waals surface area (Å²) in [5.74, 6) is 0.813. The molecule has 0 aromatic rings. The normalized spacial score (nSPS) is 42.4. The van der Waals surface area contributed by atoms with E-state index < -0.39 is 0 Å². The second-order valence-corrected chi connectivity index (χ2v) is 6.12. The van der Waals surface area contributed by atoms with Gasteiger partial charge in [-0.3, -0.25) is 4.79 Å². The van der Waals surface area contributed by atoms with E-state index in [-0.39, 0.29) is 23.4 Å². The number of carbonyl (C=O) groups is 1. The average molecular weight is 240 g/mol. The molecule has 1 saturated heterocycles. The third-order valence-electron chi connectivity index (χ3n) is 3.99. The fraction of sp³-hybridized carbons (Fsp3) is 0.923. The van der Waals surface area contributed by atoms with E-state index >= 15 is 0 Å². The standard InChI is InChI=1S/C13H24N2O2/c1-9-5-10(7-11(14)6-9)12(16)15-13(2)3-4-17-8-13/h9-11H,3-8,14H2,1-2H3,(H,15,16). The minimum atomic E-state index is -0.165. The number of rotatable bonds is 2. The van der Waals surface area contributed by atoms with Crippen molar-refractivity contribution >= 4 is 5.91 Å². The number of nitrogens with two attached hydrogens (primary N) is 1. The predicted octanol–water partition coefficient (Wildman–Crippen LogP) is 1.05. The Balaban J connectivity index is 1.90. The topological polar surface area (TPSA) is 64.4 Å². The lowest BCUT2D eigenvalue weighted by molar-refractivity contribution is -0.128. The molecule has 98 valence electrons. The molecule has 0 radical (unpaired) electrons. The molecule has 1 saturated carbocycles. The monoisotopic (exact) mass is 240 g/mol. The van der Waals surface area contributed by atoms with Crippen molar-refractivity contribution in [3.63, 3.8) is 0 Å². The van der Waals surface area contributed by atoms with E-state index in [2.05, 4.69) is 19.2 Å². The summed E-state index contributed by atoms with van der Waals surface area (Å²) in [6, 6.07) is 0.183. The van der Waals surface area contributed by atoms with Gasteiger partial charge in [0.05, 0.1) is 12.1 Å². The van der Waals surface area contributed by atoms with Crippen LogP contribution in [0.25, 0.3) is 0 Å². The molecule has 0 aromatic carbocycles. The largest absolute Gasteiger partial charge is 0.379 e. The molecule has 1 aliphatic heterocycles. The van der Waals surface area contributed by atoms with Gasteiger partial charge < -0.3 is 15.8 Å². The molecule has 2 fully saturated rings. The molecule has 1 heterocycles. The number of carbonyl (C=O) groups excluding carboxylic acids is 1. The van der Waals surface area contributed by atoms with Gasteiger partial charge in [-0.05, 0) is 38.5 Å². The minimum Gasteiger partial charge on any atom is -0.379 e. The maximum atomic E-state index is 12.2. The summed E-state index contributed by atoms with van der Waals surface area (Å²) < 4.78 is 5.35. The first-order chi connectivity index (χ1) is 7.98. The Bertz CT molecular complexity index is 277. The fourth-order valence-corrected chi connectivity index (χ4v) is 3.04. The highest BCUT2D eigenvalue weighted by atomic mass is 16.5. The van der Waals surface area contributed by atoms with Crippen LogP contribution in [0.3, 0.4) is 0 Å². The van der Waals surface area contributed by atoms with E-state index in [0.717, 1.165) is 32.3 Å². The summed E-state index contributed by atoms with van der Waals surface area (Å²) in [6.07, 6.45) is 3.75. The highest BCUT2D eigenvalue weighted by molar-refractivity contribution is 5.79. The van der Waals surface area contributed by atoms with Gasteiger partial charge in [0.15, 0.2) is 0 Å². The van der Waals surface area contributed by atoms with Gasteiger partial charge in [-0.25, -0.2) is 0 Å². The summed E-state index contributed by atoms with van der Waals surface area (Å²) in [5, 5.41) is 3.15. The molecule has 3 N–H and O–H groups in total. The molecular formula is C13H24N2O2. The Morgan fingerprint density at radius 1 is 1.41 bits per heavy atom. The van der Waals surface area contributed by atoms with Crippen LogP contribution < -0.4 is 11.1 Å². The third kappa shape index (κ3) is 3.19. The Hall–Kier alpha value is -0.610. The van der Waals surface area contributed by atoms with Crippen LogP contribution in [-0.2, 0) is 9.53 Å². The van der Waals surface area contributed by atoms with E-state index in [1.54, 1.807) is 0 Å². The van der Waals surface area contributed by atoms with E-state index in [1.165, 1.54) is 0 Å². The highest BCUT2D eigenvalue weighted by Gasteiger charge is 2.35. The number of hydrogen-bond donors (Lipinski definition) is 2. The van der Waals surface area contributed by atoms with Crippen molar-refractivity contribution in [3.05, 3.63) is 0 Å². The lowest BCUT2D eigenvalue weighted by Gasteiger charge is -2.33. The molecule has 0 bridgehead atoms. The van der Waals surface area contributed by atoms with Crippen molar-refractivity contribution in [1.82, 2.24) is 5.32 Å². The Morgan fingerprint density at radius 2 is 2.18 bits per heavy atom. The van der Waals surface area contributed by atoms with Crippen LogP contribution in [0.4, 0.5) is 0 Å². The van der Waals surface area contributed by atoms with E-state index in [0.29, 0.717) is 12.5 Å². The lowest BCUT2D eigenvalue weighted by atomic mass is 9.79. The predicted molar refractivity (Wildman–Crippen MR) is 66.5 cm³/mol. The Labute approximate surface area is 103 Å². The van der Waals surface area contributed by atoms with Gasteiger partial charge in [-0.2, -0.15) is 0 Å².